The van der Waals surface area contributed by atoms with E-state index in [0.717, 1.165) is 12.8 Å². The van der Waals surface area contributed by atoms with Crippen LogP contribution < -0.4 is 10.6 Å². The van der Waals surface area contributed by atoms with Crippen molar-refractivity contribution in [3.05, 3.63) is 35.9 Å². The number of amides is 2. The fraction of sp³-hybridized carbons (Fsp3) is 0.467. The molecule has 0 aromatic heterocycles. The van der Waals surface area contributed by atoms with Gasteiger partial charge in [-0.3, -0.25) is 4.79 Å². The summed E-state index contributed by atoms with van der Waals surface area (Å²) in [6.07, 6.45) is 5.69. The molecular weight excluding hydrogens is 240 g/mol. The fourth-order valence-electron chi connectivity index (χ4n) is 2.37. The van der Waals surface area contributed by atoms with Crippen molar-refractivity contribution in [3.63, 3.8) is 0 Å². The van der Waals surface area contributed by atoms with E-state index in [1.54, 1.807) is 12.1 Å². The van der Waals surface area contributed by atoms with Crippen LogP contribution in [0.5, 0.6) is 0 Å². The molecule has 1 aliphatic carbocycles. The van der Waals surface area contributed by atoms with Gasteiger partial charge in [-0.1, -0.05) is 49.6 Å². The summed E-state index contributed by atoms with van der Waals surface area (Å²) in [5.74, 6) is -0.0700. The highest BCUT2D eigenvalue weighted by atomic mass is 16.2. The van der Waals surface area contributed by atoms with E-state index in [2.05, 4.69) is 10.6 Å². The standard InChI is InChI=1S/C15H20N2O2/c18-14(12-7-3-1-4-8-12)11-16-15(19)17-13-9-5-2-6-10-13/h1,3-4,7-8,13H,2,5-6,9-11H2,(H2,16,17,19). The van der Waals surface area contributed by atoms with Crippen LogP contribution in [0.25, 0.3) is 0 Å². The predicted octanol–water partition coefficient (Wildman–Crippen LogP) is 2.50. The van der Waals surface area contributed by atoms with Gasteiger partial charge in [-0.05, 0) is 12.8 Å². The maximum absolute atomic E-state index is 11.8. The topological polar surface area (TPSA) is 58.2 Å². The zero-order valence-corrected chi connectivity index (χ0v) is 11.0. The molecular formula is C15H20N2O2. The number of nitrogens with one attached hydrogen (secondary N) is 2. The van der Waals surface area contributed by atoms with Gasteiger partial charge < -0.3 is 10.6 Å². The monoisotopic (exact) mass is 260 g/mol. The number of ketones is 1. The Labute approximate surface area is 113 Å². The predicted molar refractivity (Wildman–Crippen MR) is 74.2 cm³/mol. The number of Topliss-reactive ketones (excluding diaryl/α,β-unsaturated/α-hetero) is 1. The Hall–Kier alpha value is -1.84. The third-order valence-corrected chi connectivity index (χ3v) is 3.45. The molecule has 4 heteroatoms. The van der Waals surface area contributed by atoms with Gasteiger partial charge in [0.2, 0.25) is 0 Å². The highest BCUT2D eigenvalue weighted by Crippen LogP contribution is 2.17. The second-order valence-electron chi connectivity index (χ2n) is 4.95. The molecule has 0 bridgehead atoms. The normalized spacial score (nSPS) is 15.8. The third-order valence-electron chi connectivity index (χ3n) is 3.45. The molecule has 1 fully saturated rings. The van der Waals surface area contributed by atoms with Crippen LogP contribution in [0.2, 0.25) is 0 Å². The molecule has 0 atom stereocenters. The van der Waals surface area contributed by atoms with Gasteiger partial charge in [-0.25, -0.2) is 4.79 Å². The first-order chi connectivity index (χ1) is 9.25. The van der Waals surface area contributed by atoms with Gasteiger partial charge in [0.25, 0.3) is 0 Å². The lowest BCUT2D eigenvalue weighted by atomic mass is 9.96. The molecule has 1 aromatic rings. The first-order valence-corrected chi connectivity index (χ1v) is 6.88. The molecule has 1 aliphatic rings. The van der Waals surface area contributed by atoms with Gasteiger partial charge in [0.1, 0.15) is 0 Å². The molecule has 1 aromatic carbocycles. The van der Waals surface area contributed by atoms with Crippen molar-refractivity contribution in [1.82, 2.24) is 10.6 Å². The summed E-state index contributed by atoms with van der Waals surface area (Å²) in [6, 6.07) is 9.02. The highest BCUT2D eigenvalue weighted by Gasteiger charge is 2.15. The van der Waals surface area contributed by atoms with Crippen LogP contribution in [-0.2, 0) is 0 Å². The Morgan fingerprint density at radius 3 is 2.42 bits per heavy atom. The van der Waals surface area contributed by atoms with Gasteiger partial charge in [-0.2, -0.15) is 0 Å². The number of hydrogen-bond donors (Lipinski definition) is 2. The SMILES string of the molecule is O=C(NCC(=O)c1ccccc1)NC1CCCCC1. The lowest BCUT2D eigenvalue weighted by molar-refractivity contribution is 0.0992. The van der Waals surface area contributed by atoms with Crippen LogP contribution >= 0.6 is 0 Å². The Kier molecular flexibility index (Phi) is 4.95. The van der Waals surface area contributed by atoms with E-state index in [-0.39, 0.29) is 24.4 Å². The van der Waals surface area contributed by atoms with Crippen LogP contribution in [0.1, 0.15) is 42.5 Å². The second kappa shape index (κ2) is 6.92. The zero-order valence-electron chi connectivity index (χ0n) is 11.0. The molecule has 0 unspecified atom stereocenters. The quantitative estimate of drug-likeness (QED) is 0.817. The van der Waals surface area contributed by atoms with Gasteiger partial charge in [0.15, 0.2) is 5.78 Å². The number of carbonyl (C=O) groups excluding carboxylic acids is 2. The van der Waals surface area contributed by atoms with Crippen LogP contribution in [-0.4, -0.2) is 24.4 Å². The van der Waals surface area contributed by atoms with Gasteiger partial charge in [0, 0.05) is 11.6 Å². The largest absolute Gasteiger partial charge is 0.335 e. The summed E-state index contributed by atoms with van der Waals surface area (Å²) >= 11 is 0. The maximum Gasteiger partial charge on any atom is 0.315 e. The Balaban J connectivity index is 1.72. The van der Waals surface area contributed by atoms with E-state index in [4.69, 9.17) is 0 Å². The first-order valence-electron chi connectivity index (χ1n) is 6.88. The van der Waals surface area contributed by atoms with Crippen LogP contribution in [0.3, 0.4) is 0 Å². The lowest BCUT2D eigenvalue weighted by Crippen LogP contribution is -2.44. The molecule has 0 aliphatic heterocycles. The van der Waals surface area contributed by atoms with Crippen LogP contribution in [0.15, 0.2) is 30.3 Å². The molecule has 0 heterocycles. The first kappa shape index (κ1) is 13.6. The molecule has 1 saturated carbocycles. The lowest BCUT2D eigenvalue weighted by Gasteiger charge is -2.22. The molecule has 19 heavy (non-hydrogen) atoms. The number of carbonyl (C=O) groups is 2. The van der Waals surface area contributed by atoms with E-state index >= 15 is 0 Å². The van der Waals surface area contributed by atoms with Crippen molar-refractivity contribution in [1.29, 1.82) is 0 Å². The van der Waals surface area contributed by atoms with Crippen molar-refractivity contribution in [2.45, 2.75) is 38.1 Å². The molecule has 0 radical (unpaired) electrons. The average molecular weight is 260 g/mol. The number of rotatable bonds is 4. The van der Waals surface area contributed by atoms with Crippen LogP contribution in [0, 0.1) is 0 Å². The molecule has 0 saturated heterocycles. The van der Waals surface area contributed by atoms with Crippen molar-refractivity contribution >= 4 is 11.8 Å². The minimum Gasteiger partial charge on any atom is -0.335 e. The van der Waals surface area contributed by atoms with Crippen molar-refractivity contribution in [2.24, 2.45) is 0 Å². The van der Waals surface area contributed by atoms with Crippen LogP contribution in [0.4, 0.5) is 4.79 Å². The van der Waals surface area contributed by atoms with Crippen molar-refractivity contribution in [2.75, 3.05) is 6.54 Å². The molecule has 2 rings (SSSR count). The molecule has 4 nitrogen and oxygen atoms in total. The summed E-state index contributed by atoms with van der Waals surface area (Å²) < 4.78 is 0. The van der Waals surface area contributed by atoms with Gasteiger partial charge in [0.05, 0.1) is 6.54 Å². The Morgan fingerprint density at radius 1 is 1.05 bits per heavy atom. The molecule has 0 spiro atoms. The fourth-order valence-corrected chi connectivity index (χ4v) is 2.37. The zero-order chi connectivity index (χ0) is 13.5. The molecule has 2 amide bonds. The molecule has 2 N–H and O–H groups in total. The minimum atomic E-state index is -0.240. The summed E-state index contributed by atoms with van der Waals surface area (Å²) in [4.78, 5) is 23.5. The summed E-state index contributed by atoms with van der Waals surface area (Å²) in [5, 5.41) is 5.55. The highest BCUT2D eigenvalue weighted by molar-refractivity contribution is 5.99. The Morgan fingerprint density at radius 2 is 1.74 bits per heavy atom. The number of benzene rings is 1. The second-order valence-corrected chi connectivity index (χ2v) is 4.95. The van der Waals surface area contributed by atoms with Crippen molar-refractivity contribution in [3.8, 4) is 0 Å². The average Bonchev–Trinajstić information content (AvgIpc) is 2.47. The van der Waals surface area contributed by atoms with Gasteiger partial charge in [-0.15, -0.1) is 0 Å². The number of hydrogen-bond acceptors (Lipinski definition) is 2. The summed E-state index contributed by atoms with van der Waals surface area (Å²) in [5.41, 5.74) is 0.625. The summed E-state index contributed by atoms with van der Waals surface area (Å²) in [7, 11) is 0. The van der Waals surface area contributed by atoms with Crippen molar-refractivity contribution < 1.29 is 9.59 Å². The minimum absolute atomic E-state index is 0.0442. The third kappa shape index (κ3) is 4.39. The molecule has 102 valence electrons. The number of urea groups is 1. The van der Waals surface area contributed by atoms with E-state index < -0.39 is 0 Å². The maximum atomic E-state index is 11.8. The van der Waals surface area contributed by atoms with E-state index in [0.29, 0.717) is 5.56 Å². The summed E-state index contributed by atoms with van der Waals surface area (Å²) in [6.45, 7) is 0.0442. The van der Waals surface area contributed by atoms with E-state index in [1.807, 2.05) is 18.2 Å². The van der Waals surface area contributed by atoms with E-state index in [9.17, 15) is 9.59 Å². The van der Waals surface area contributed by atoms with Gasteiger partial charge >= 0.3 is 6.03 Å². The van der Waals surface area contributed by atoms with E-state index in [1.165, 1.54) is 19.3 Å². The smallest absolute Gasteiger partial charge is 0.315 e. The Bertz CT molecular complexity index is 425.